The molecule has 0 heterocycles. The van der Waals surface area contributed by atoms with E-state index in [1.807, 2.05) is 0 Å². The first-order chi connectivity index (χ1) is 4.22. The summed E-state index contributed by atoms with van der Waals surface area (Å²) in [4.78, 5) is 10.6. The molecule has 0 aliphatic rings. The van der Waals surface area contributed by atoms with Crippen LogP contribution in [0.2, 0.25) is 0 Å². The van der Waals surface area contributed by atoms with E-state index in [4.69, 9.17) is 5.21 Å². The summed E-state index contributed by atoms with van der Waals surface area (Å²) in [6.45, 7) is 1.39. The fraction of sp³-hybridized carbons (Fsp3) is 0.600. The smallest absolute Gasteiger partial charge is 0.205 e. The van der Waals surface area contributed by atoms with E-state index in [1.54, 1.807) is 0 Å². The quantitative estimate of drug-likeness (QED) is 0.334. The molecule has 1 N–H and O–H groups in total. The maximum atomic E-state index is 10.6. The highest BCUT2D eigenvalue weighted by Crippen LogP contribution is 1.79. The van der Waals surface area contributed by atoms with Crippen molar-refractivity contribution in [3.63, 3.8) is 0 Å². The number of ether oxygens (including phenoxy) is 1. The van der Waals surface area contributed by atoms with Gasteiger partial charge >= 0.3 is 0 Å². The molecule has 0 spiro atoms. The minimum atomic E-state index is -0.306. The minimum Gasteiger partial charge on any atom is -0.411 e. The van der Waals surface area contributed by atoms with Crippen LogP contribution in [0.15, 0.2) is 5.16 Å². The van der Waals surface area contributed by atoms with E-state index in [0.29, 0.717) is 0 Å². The molecule has 0 aliphatic carbocycles. The van der Waals surface area contributed by atoms with Crippen LogP contribution in [0.5, 0.6) is 0 Å². The Kier molecular flexibility index (Phi) is 3.62. The predicted molar refractivity (Wildman–Crippen MR) is 31.8 cm³/mol. The van der Waals surface area contributed by atoms with Crippen LogP contribution in [0.25, 0.3) is 0 Å². The van der Waals surface area contributed by atoms with Crippen LogP contribution in [0.4, 0.5) is 0 Å². The average Bonchev–Trinajstić information content (AvgIpc) is 1.87. The van der Waals surface area contributed by atoms with Crippen molar-refractivity contribution in [3.8, 4) is 0 Å². The van der Waals surface area contributed by atoms with Crippen molar-refractivity contribution in [2.75, 3.05) is 13.7 Å². The molecule has 0 saturated carbocycles. The first-order valence-corrected chi connectivity index (χ1v) is 2.43. The van der Waals surface area contributed by atoms with Crippen molar-refractivity contribution < 1.29 is 14.7 Å². The number of rotatable bonds is 3. The first-order valence-electron chi connectivity index (χ1n) is 2.43. The van der Waals surface area contributed by atoms with Gasteiger partial charge in [0.2, 0.25) is 5.78 Å². The highest BCUT2D eigenvalue weighted by Gasteiger charge is 2.03. The fourth-order valence-electron chi connectivity index (χ4n) is 0.291. The number of Topliss-reactive ketones (excluding diaryl/α,β-unsaturated/α-hetero) is 1. The van der Waals surface area contributed by atoms with Crippen molar-refractivity contribution in [3.05, 3.63) is 0 Å². The van der Waals surface area contributed by atoms with E-state index in [-0.39, 0.29) is 18.1 Å². The number of carbonyl (C=O) groups is 1. The van der Waals surface area contributed by atoms with Gasteiger partial charge in [-0.1, -0.05) is 5.16 Å². The van der Waals surface area contributed by atoms with Crippen molar-refractivity contribution in [1.29, 1.82) is 0 Å². The number of nitrogens with zero attached hydrogens (tertiary/aromatic N) is 1. The molecule has 0 unspecified atom stereocenters. The van der Waals surface area contributed by atoms with Crippen LogP contribution < -0.4 is 0 Å². The molecular formula is C5H9NO3. The maximum Gasteiger partial charge on any atom is 0.205 e. The summed E-state index contributed by atoms with van der Waals surface area (Å²) in [5.41, 5.74) is 0.0665. The number of methoxy groups -OCH3 is 1. The van der Waals surface area contributed by atoms with Gasteiger partial charge in [0.1, 0.15) is 12.3 Å². The Balaban J connectivity index is 3.74. The van der Waals surface area contributed by atoms with Crippen LogP contribution in [0.3, 0.4) is 0 Å². The second kappa shape index (κ2) is 4.03. The SMILES string of the molecule is COCC(=O)C(C)=NO. The van der Waals surface area contributed by atoms with Crippen LogP contribution in [-0.4, -0.2) is 30.4 Å². The molecule has 9 heavy (non-hydrogen) atoms. The lowest BCUT2D eigenvalue weighted by Crippen LogP contribution is -2.15. The number of hydrogen-bond acceptors (Lipinski definition) is 4. The fourth-order valence-corrected chi connectivity index (χ4v) is 0.291. The molecule has 4 heteroatoms. The molecule has 52 valence electrons. The molecular weight excluding hydrogens is 122 g/mol. The summed E-state index contributed by atoms with van der Waals surface area (Å²) in [5, 5.41) is 10.7. The molecule has 0 aliphatic heterocycles. The maximum absolute atomic E-state index is 10.6. The second-order valence-corrected chi connectivity index (χ2v) is 1.54. The molecule has 0 saturated heterocycles. The molecule has 0 bridgehead atoms. The van der Waals surface area contributed by atoms with Gasteiger partial charge in [-0.3, -0.25) is 4.79 Å². The highest BCUT2D eigenvalue weighted by molar-refractivity contribution is 6.39. The summed E-state index contributed by atoms with van der Waals surface area (Å²) in [5.74, 6) is -0.306. The lowest BCUT2D eigenvalue weighted by Gasteiger charge is -1.93. The van der Waals surface area contributed by atoms with Gasteiger partial charge in [-0.05, 0) is 6.92 Å². The Hall–Kier alpha value is -0.900. The van der Waals surface area contributed by atoms with E-state index in [0.717, 1.165) is 0 Å². The Bertz CT molecular complexity index is 130. The zero-order chi connectivity index (χ0) is 7.28. The third-order valence-corrected chi connectivity index (χ3v) is 0.829. The van der Waals surface area contributed by atoms with Gasteiger partial charge in [-0.15, -0.1) is 0 Å². The summed E-state index contributed by atoms with van der Waals surface area (Å²) >= 11 is 0. The van der Waals surface area contributed by atoms with E-state index in [9.17, 15) is 4.79 Å². The zero-order valence-corrected chi connectivity index (χ0v) is 5.42. The van der Waals surface area contributed by atoms with Crippen molar-refractivity contribution >= 4 is 11.5 Å². The van der Waals surface area contributed by atoms with Crippen molar-refractivity contribution in [1.82, 2.24) is 0 Å². The van der Waals surface area contributed by atoms with Gasteiger partial charge in [0.05, 0.1) is 0 Å². The van der Waals surface area contributed by atoms with Gasteiger partial charge < -0.3 is 9.94 Å². The van der Waals surface area contributed by atoms with Crippen LogP contribution >= 0.6 is 0 Å². The molecule has 0 amide bonds. The number of carbonyl (C=O) groups excluding carboxylic acids is 1. The Morgan fingerprint density at radius 2 is 2.33 bits per heavy atom. The molecule has 0 rings (SSSR count). The van der Waals surface area contributed by atoms with Gasteiger partial charge in [0, 0.05) is 7.11 Å². The van der Waals surface area contributed by atoms with Crippen molar-refractivity contribution in [2.24, 2.45) is 5.16 Å². The number of ketones is 1. The Morgan fingerprint density at radius 1 is 1.78 bits per heavy atom. The molecule has 0 fully saturated rings. The van der Waals surface area contributed by atoms with E-state index < -0.39 is 0 Å². The predicted octanol–water partition coefficient (Wildman–Crippen LogP) is 0.0520. The summed E-state index contributed by atoms with van der Waals surface area (Å²) in [7, 11) is 1.41. The summed E-state index contributed by atoms with van der Waals surface area (Å²) < 4.78 is 4.49. The minimum absolute atomic E-state index is 0.0319. The van der Waals surface area contributed by atoms with E-state index in [1.165, 1.54) is 14.0 Å². The normalized spacial score (nSPS) is 11.6. The molecule has 0 atom stereocenters. The third-order valence-electron chi connectivity index (χ3n) is 0.829. The molecule has 0 aromatic heterocycles. The summed E-state index contributed by atoms with van der Waals surface area (Å²) in [6.07, 6.45) is 0. The molecule has 4 nitrogen and oxygen atoms in total. The van der Waals surface area contributed by atoms with Crippen LogP contribution in [0.1, 0.15) is 6.92 Å². The molecule has 0 aromatic carbocycles. The van der Waals surface area contributed by atoms with E-state index in [2.05, 4.69) is 9.89 Å². The largest absolute Gasteiger partial charge is 0.411 e. The Morgan fingerprint density at radius 3 is 2.67 bits per heavy atom. The summed E-state index contributed by atoms with van der Waals surface area (Å²) in [6, 6.07) is 0. The lowest BCUT2D eigenvalue weighted by molar-refractivity contribution is -0.116. The zero-order valence-electron chi connectivity index (χ0n) is 5.42. The van der Waals surface area contributed by atoms with Crippen LogP contribution in [0, 0.1) is 0 Å². The molecule has 0 aromatic rings. The number of hydrogen-bond donors (Lipinski definition) is 1. The van der Waals surface area contributed by atoms with Crippen molar-refractivity contribution in [2.45, 2.75) is 6.92 Å². The topological polar surface area (TPSA) is 58.9 Å². The molecule has 0 radical (unpaired) electrons. The average molecular weight is 131 g/mol. The van der Waals surface area contributed by atoms with Gasteiger partial charge in [0.25, 0.3) is 0 Å². The second-order valence-electron chi connectivity index (χ2n) is 1.54. The van der Waals surface area contributed by atoms with E-state index >= 15 is 0 Å². The third kappa shape index (κ3) is 2.81. The standard InChI is InChI=1S/C5H9NO3/c1-4(6-8)5(7)3-9-2/h8H,3H2,1-2H3. The Labute approximate surface area is 53.1 Å². The highest BCUT2D eigenvalue weighted by atomic mass is 16.5. The monoisotopic (exact) mass is 131 g/mol. The lowest BCUT2D eigenvalue weighted by atomic mass is 10.3. The van der Waals surface area contributed by atoms with Gasteiger partial charge in [0.15, 0.2) is 0 Å². The first kappa shape index (κ1) is 8.10. The van der Waals surface area contributed by atoms with Gasteiger partial charge in [-0.2, -0.15) is 0 Å². The number of oxime groups is 1. The van der Waals surface area contributed by atoms with Gasteiger partial charge in [-0.25, -0.2) is 0 Å². The van der Waals surface area contributed by atoms with Crippen LogP contribution in [-0.2, 0) is 9.53 Å².